The van der Waals surface area contributed by atoms with Gasteiger partial charge in [-0.3, -0.25) is 0 Å². The molecule has 0 heterocycles. The Labute approximate surface area is 907 Å². The van der Waals surface area contributed by atoms with Crippen molar-refractivity contribution < 1.29 is 0 Å². The number of hydrogen-bond acceptors (Lipinski definition) is 1. The van der Waals surface area contributed by atoms with Gasteiger partial charge in [-0.1, -0.05) is 776 Å². The summed E-state index contributed by atoms with van der Waals surface area (Å²) >= 11 is 0. The molecule has 0 amide bonds. The summed E-state index contributed by atoms with van der Waals surface area (Å²) in [4.78, 5) is 2.25. The molecule has 0 aromatic heterocycles. The number of nitrogens with zero attached hydrogens (tertiary/aromatic N) is 1. The summed E-state index contributed by atoms with van der Waals surface area (Å²) in [6.45, 7) is 112. The molecule has 0 atom stereocenters. The molecule has 14 aromatic rings. The Kier molecular flexibility index (Phi) is 195. The second-order valence-electron chi connectivity index (χ2n) is 21.4. The highest BCUT2D eigenvalue weighted by Crippen LogP contribution is 2.45. The molecule has 2 heteroatoms. The Morgan fingerprint density at radius 3 is 0.340 bits per heavy atom. The van der Waals surface area contributed by atoms with Gasteiger partial charge in [0.1, 0.15) is 0 Å². The highest BCUT2D eigenvalue weighted by Gasteiger charge is 2.41. The summed E-state index contributed by atoms with van der Waals surface area (Å²) in [6.07, 6.45) is 0. The molecule has 0 spiro atoms. The SMILES string of the molecule is CC.CC.CC.CC.CC.CC.CC.CC.CC.CC.CC.CC.CC.CC.CC.CC.CC.CC.CC.CC.CC.CC.CC.CC.CC.CC.CC.CC.c1ccc(C(c2ccccc2)(c2ccccc2)c2ccccc2)cc1.c1ccc(C(c2ccccc2)c2ccccc2)cc1.c1ccc(N(c2ccccc2)c2ccccc2)cc1.c1ccc([Si](c2ccccc2)(c2ccccc2)c2ccccc2)cc1. The number of rotatable bonds is 14. The third-order valence-corrected chi connectivity index (χ3v) is 20.9. The summed E-state index contributed by atoms with van der Waals surface area (Å²) in [5.74, 6) is 0.309. The summed E-state index contributed by atoms with van der Waals surface area (Å²) in [5, 5.41) is 5.66. The number of hydrogen-bond donors (Lipinski definition) is 0. The van der Waals surface area contributed by atoms with Crippen molar-refractivity contribution in [1.82, 2.24) is 0 Å². The molecule has 14 aromatic carbocycles. The molecular weight excluding hydrogens is 1750 g/mol. The van der Waals surface area contributed by atoms with Crippen LogP contribution in [0.3, 0.4) is 0 Å². The van der Waals surface area contributed by atoms with Gasteiger partial charge in [-0.05, 0) is 96.1 Å². The Bertz CT molecular complexity index is 3380. The average molecular weight is 1990 g/mol. The zero-order valence-corrected chi connectivity index (χ0v) is 106. The first kappa shape index (κ1) is 175. The largest absolute Gasteiger partial charge is 0.311 e. The minimum Gasteiger partial charge on any atom is -0.311 e. The van der Waals surface area contributed by atoms with Crippen LogP contribution in [-0.2, 0) is 5.41 Å². The third-order valence-electron chi connectivity index (χ3n) is 16.1. The Morgan fingerprint density at radius 2 is 0.222 bits per heavy atom. The summed E-state index contributed by atoms with van der Waals surface area (Å²) in [6, 6.07) is 150. The maximum absolute atomic E-state index is 2.30. The molecule has 0 fully saturated rings. The lowest BCUT2D eigenvalue weighted by Crippen LogP contribution is -2.74. The lowest BCUT2D eigenvalue weighted by molar-refractivity contribution is 0.745. The van der Waals surface area contributed by atoms with Gasteiger partial charge in [0.05, 0.1) is 5.41 Å². The van der Waals surface area contributed by atoms with E-state index >= 15 is 0 Å². The Hall–Kier alpha value is -10.9. The van der Waals surface area contributed by atoms with E-state index in [0.717, 1.165) is 0 Å². The normalized spacial score (nSPS) is 7.78. The van der Waals surface area contributed by atoms with Crippen molar-refractivity contribution in [2.75, 3.05) is 4.90 Å². The molecule has 14 rings (SSSR count). The summed E-state index contributed by atoms with van der Waals surface area (Å²) < 4.78 is 0. The van der Waals surface area contributed by atoms with Gasteiger partial charge in [0.15, 0.2) is 8.07 Å². The van der Waals surface area contributed by atoms with Crippen molar-refractivity contribution in [1.29, 1.82) is 0 Å². The van der Waals surface area contributed by atoms with Crippen LogP contribution in [-0.4, -0.2) is 8.07 Å². The van der Waals surface area contributed by atoms with Crippen molar-refractivity contribution >= 4 is 45.9 Å². The monoisotopic (exact) mass is 1990 g/mol. The fourth-order valence-corrected chi connectivity index (χ4v) is 17.0. The molecule has 1 nitrogen and oxygen atoms in total. The van der Waals surface area contributed by atoms with E-state index in [2.05, 4.69) is 411 Å². The fraction of sp³-hybridized carbons (Fsp3) is 0.408. The van der Waals surface area contributed by atoms with E-state index in [1.165, 1.54) is 76.8 Å². The van der Waals surface area contributed by atoms with E-state index in [0.29, 0.717) is 5.92 Å². The van der Waals surface area contributed by atoms with E-state index in [1.54, 1.807) is 0 Å². The smallest absolute Gasteiger partial charge is 0.179 e. The van der Waals surface area contributed by atoms with Crippen molar-refractivity contribution in [2.24, 2.45) is 0 Å². The van der Waals surface area contributed by atoms with Gasteiger partial charge in [-0.15, -0.1) is 0 Å². The first-order chi connectivity index (χ1) is 71.7. The first-order valence-corrected chi connectivity index (χ1v) is 60.3. The van der Waals surface area contributed by atoms with Crippen LogP contribution >= 0.6 is 0 Å². The predicted octanol–water partition coefficient (Wildman–Crippen LogP) is 47.9. The van der Waals surface area contributed by atoms with E-state index in [-0.39, 0.29) is 5.41 Å². The molecule has 0 aliphatic heterocycles. The maximum atomic E-state index is 2.29. The quantitative estimate of drug-likeness (QED) is 0.0775. The van der Waals surface area contributed by atoms with Crippen molar-refractivity contribution in [2.45, 2.75) is 399 Å². The summed E-state index contributed by atoms with van der Waals surface area (Å²) in [5.41, 5.74) is 12.3. The lowest BCUT2D eigenvalue weighted by atomic mass is 9.65. The highest BCUT2D eigenvalue weighted by atomic mass is 28.3. The van der Waals surface area contributed by atoms with E-state index in [4.69, 9.17) is 0 Å². The first-order valence-electron chi connectivity index (χ1n) is 58.3. The van der Waals surface area contributed by atoms with Crippen molar-refractivity contribution in [3.63, 3.8) is 0 Å². The second-order valence-corrected chi connectivity index (χ2v) is 25.2. The molecule has 0 saturated heterocycles. The average Bonchev–Trinajstić information content (AvgIpc) is 0.741. The molecule has 144 heavy (non-hydrogen) atoms. The zero-order chi connectivity index (χ0) is 116. The van der Waals surface area contributed by atoms with Gasteiger partial charge in [-0.2, -0.15) is 0 Å². The molecule has 0 aliphatic rings. The van der Waals surface area contributed by atoms with Gasteiger partial charge in [-0.25, -0.2) is 0 Å². The standard InChI is InChI=1S/C25H20.C24H20Si.C19H16.C18H15N.28C2H6/c2*1-5-13-21(14-6-1)25(22-15-7-2-8-16-22,23-17-9-3-10-18-23)24-19-11-4-12-20-24;2*1-4-10-16(11-5-1)19(17-12-6-2-7-13-17)18-14-8-3-9-15-18;28*1-2/h2*1-20H;1-15,19H;1-15H;28*1-2H3. The molecule has 0 unspecified atom stereocenters. The number of anilines is 3. The van der Waals surface area contributed by atoms with Crippen LogP contribution in [0.15, 0.2) is 425 Å². The molecule has 0 radical (unpaired) electrons. The molecule has 0 bridgehead atoms. The Balaban J connectivity index is -0.0000000790. The minimum atomic E-state index is -2.30. The molecule has 0 N–H and O–H groups in total. The van der Waals surface area contributed by atoms with E-state index < -0.39 is 8.07 Å². The van der Waals surface area contributed by atoms with Crippen LogP contribution in [0.25, 0.3) is 0 Å². The number of benzene rings is 14. The van der Waals surface area contributed by atoms with Crippen LogP contribution in [0.1, 0.15) is 433 Å². The van der Waals surface area contributed by atoms with Crippen molar-refractivity contribution in [3.8, 4) is 0 Å². The van der Waals surface area contributed by atoms with Crippen molar-refractivity contribution in [3.05, 3.63) is 464 Å². The van der Waals surface area contributed by atoms with Gasteiger partial charge >= 0.3 is 0 Å². The zero-order valence-electron chi connectivity index (χ0n) is 105. The molecule has 816 valence electrons. The molecule has 0 saturated carbocycles. The van der Waals surface area contributed by atoms with Crippen LogP contribution in [0.2, 0.25) is 0 Å². The van der Waals surface area contributed by atoms with Gasteiger partial charge in [0.2, 0.25) is 0 Å². The van der Waals surface area contributed by atoms with Crippen LogP contribution < -0.4 is 25.6 Å². The molecule has 0 aliphatic carbocycles. The van der Waals surface area contributed by atoms with E-state index in [9.17, 15) is 0 Å². The minimum absolute atomic E-state index is 0.309. The lowest BCUT2D eigenvalue weighted by Gasteiger charge is -2.36. The van der Waals surface area contributed by atoms with Gasteiger partial charge in [0, 0.05) is 23.0 Å². The van der Waals surface area contributed by atoms with Crippen LogP contribution in [0.5, 0.6) is 0 Å². The number of para-hydroxylation sites is 3. The van der Waals surface area contributed by atoms with E-state index in [1.807, 2.05) is 406 Å². The van der Waals surface area contributed by atoms with Gasteiger partial charge < -0.3 is 4.90 Å². The fourth-order valence-electron chi connectivity index (χ4n) is 12.2. The second kappa shape index (κ2) is 160. The maximum Gasteiger partial charge on any atom is 0.179 e. The van der Waals surface area contributed by atoms with Crippen LogP contribution in [0.4, 0.5) is 17.1 Å². The molecular formula is C142H239NSi. The Morgan fingerprint density at radius 1 is 0.125 bits per heavy atom. The summed E-state index contributed by atoms with van der Waals surface area (Å²) in [7, 11) is -2.30. The topological polar surface area (TPSA) is 3.24 Å². The predicted molar refractivity (Wildman–Crippen MR) is 694 cm³/mol. The van der Waals surface area contributed by atoms with Gasteiger partial charge in [0.25, 0.3) is 0 Å². The third kappa shape index (κ3) is 74.1. The van der Waals surface area contributed by atoms with Crippen LogP contribution in [0, 0.1) is 0 Å². The highest BCUT2D eigenvalue weighted by molar-refractivity contribution is 7.19.